The smallest absolute Gasteiger partial charge is 0.246 e. The number of imide groups is 1. The van der Waals surface area contributed by atoms with Gasteiger partial charge in [0.1, 0.15) is 5.82 Å². The summed E-state index contributed by atoms with van der Waals surface area (Å²) in [6, 6.07) is 2.95. The van der Waals surface area contributed by atoms with Crippen molar-refractivity contribution in [3.05, 3.63) is 28.0 Å². The molecular weight excluding hydrogens is 291 g/mol. The zero-order valence-electron chi connectivity index (χ0n) is 9.09. The van der Waals surface area contributed by atoms with Crippen molar-refractivity contribution in [2.45, 2.75) is 6.92 Å². The summed E-state index contributed by atoms with van der Waals surface area (Å²) in [4.78, 5) is 24.0. The lowest BCUT2D eigenvalue weighted by Gasteiger charge is -2.28. The maximum Gasteiger partial charge on any atom is 0.246 e. The Balaban J connectivity index is 2.36. The lowest BCUT2D eigenvalue weighted by Crippen LogP contribution is -2.51. The molecule has 1 aromatic rings. The number of carbonyl (C=O) groups excluding carboxylic acids is 2. The number of hydrogen-bond donors (Lipinski definition) is 1. The monoisotopic (exact) mass is 300 g/mol. The van der Waals surface area contributed by atoms with Crippen LogP contribution in [0.4, 0.5) is 10.1 Å². The normalized spacial score (nSPS) is 16.1. The van der Waals surface area contributed by atoms with Crippen LogP contribution in [0.1, 0.15) is 5.56 Å². The number of nitrogens with one attached hydrogen (secondary N) is 1. The molecule has 1 aliphatic rings. The number of rotatable bonds is 1. The molecule has 1 saturated heterocycles. The highest BCUT2D eigenvalue weighted by Crippen LogP contribution is 2.27. The number of carbonyl (C=O) groups is 2. The number of anilines is 1. The summed E-state index contributed by atoms with van der Waals surface area (Å²) in [6.45, 7) is 1.93. The summed E-state index contributed by atoms with van der Waals surface area (Å²) in [5.41, 5.74) is 1.37. The third kappa shape index (κ3) is 2.46. The Labute approximate surface area is 106 Å². The number of amides is 2. The first-order valence-electron chi connectivity index (χ1n) is 5.00. The van der Waals surface area contributed by atoms with E-state index in [-0.39, 0.29) is 24.9 Å². The van der Waals surface area contributed by atoms with Crippen LogP contribution >= 0.6 is 15.9 Å². The SMILES string of the molecule is Cc1cc(Br)c(F)cc1N1CC(=O)NC(=O)C1. The van der Waals surface area contributed by atoms with Gasteiger partial charge in [0.25, 0.3) is 0 Å². The van der Waals surface area contributed by atoms with E-state index in [1.165, 1.54) is 6.07 Å². The first-order valence-corrected chi connectivity index (χ1v) is 5.80. The molecule has 1 heterocycles. The van der Waals surface area contributed by atoms with Crippen LogP contribution in [0, 0.1) is 12.7 Å². The quantitative estimate of drug-likeness (QED) is 0.797. The molecule has 0 atom stereocenters. The van der Waals surface area contributed by atoms with Crippen LogP contribution in [-0.4, -0.2) is 24.9 Å². The van der Waals surface area contributed by atoms with Gasteiger partial charge in [-0.3, -0.25) is 14.9 Å². The van der Waals surface area contributed by atoms with Crippen molar-refractivity contribution in [3.8, 4) is 0 Å². The first kappa shape index (κ1) is 12.0. The molecule has 1 aromatic carbocycles. The lowest BCUT2D eigenvalue weighted by molar-refractivity contribution is -0.130. The average molecular weight is 301 g/mol. The molecule has 0 radical (unpaired) electrons. The average Bonchev–Trinajstić information content (AvgIpc) is 2.22. The number of benzene rings is 1. The molecule has 0 bridgehead atoms. The third-order valence-corrected chi connectivity index (χ3v) is 3.14. The fourth-order valence-electron chi connectivity index (χ4n) is 1.78. The Morgan fingerprint density at radius 1 is 1.29 bits per heavy atom. The Morgan fingerprint density at radius 3 is 2.47 bits per heavy atom. The van der Waals surface area contributed by atoms with Crippen molar-refractivity contribution in [2.75, 3.05) is 18.0 Å². The molecule has 1 N–H and O–H groups in total. The van der Waals surface area contributed by atoms with Crippen molar-refractivity contribution in [3.63, 3.8) is 0 Å². The Bertz CT molecular complexity index is 488. The molecule has 1 aliphatic heterocycles. The summed E-state index contributed by atoms with van der Waals surface area (Å²) in [5, 5.41) is 2.20. The summed E-state index contributed by atoms with van der Waals surface area (Å²) >= 11 is 3.09. The second kappa shape index (κ2) is 4.44. The van der Waals surface area contributed by atoms with E-state index < -0.39 is 5.82 Å². The number of nitrogens with zero attached hydrogens (tertiary/aromatic N) is 1. The molecule has 0 aromatic heterocycles. The second-order valence-electron chi connectivity index (χ2n) is 3.88. The minimum Gasteiger partial charge on any atom is -0.353 e. The first-order chi connectivity index (χ1) is 7.97. The van der Waals surface area contributed by atoms with E-state index in [0.717, 1.165) is 5.56 Å². The van der Waals surface area contributed by atoms with Crippen LogP contribution in [0.25, 0.3) is 0 Å². The molecule has 1 fully saturated rings. The minimum absolute atomic E-state index is 0.0631. The van der Waals surface area contributed by atoms with E-state index in [9.17, 15) is 14.0 Å². The molecule has 4 nitrogen and oxygen atoms in total. The van der Waals surface area contributed by atoms with Gasteiger partial charge in [-0.25, -0.2) is 4.39 Å². The van der Waals surface area contributed by atoms with Crippen LogP contribution in [-0.2, 0) is 9.59 Å². The Morgan fingerprint density at radius 2 is 1.88 bits per heavy atom. The van der Waals surface area contributed by atoms with Gasteiger partial charge in [0.2, 0.25) is 11.8 Å². The highest BCUT2D eigenvalue weighted by atomic mass is 79.9. The van der Waals surface area contributed by atoms with E-state index >= 15 is 0 Å². The van der Waals surface area contributed by atoms with Crippen molar-refractivity contribution in [1.29, 1.82) is 0 Å². The zero-order valence-corrected chi connectivity index (χ0v) is 10.7. The predicted molar refractivity (Wildman–Crippen MR) is 64.2 cm³/mol. The fourth-order valence-corrected chi connectivity index (χ4v) is 2.24. The molecule has 0 spiro atoms. The predicted octanol–water partition coefficient (Wildman–Crippen LogP) is 1.36. The summed E-state index contributed by atoms with van der Waals surface area (Å²) in [5.74, 6) is -1.16. The van der Waals surface area contributed by atoms with Gasteiger partial charge in [0, 0.05) is 5.69 Å². The van der Waals surface area contributed by atoms with Gasteiger partial charge in [0.05, 0.1) is 17.6 Å². The summed E-state index contributed by atoms with van der Waals surface area (Å²) < 4.78 is 13.8. The largest absolute Gasteiger partial charge is 0.353 e. The molecule has 2 rings (SSSR count). The number of halogens is 2. The van der Waals surface area contributed by atoms with Crippen LogP contribution in [0.3, 0.4) is 0 Å². The standard InChI is InChI=1S/C11H10BrFN2O2/c1-6-2-7(12)8(13)3-9(6)15-4-10(16)14-11(17)5-15/h2-3H,4-5H2,1H3,(H,14,16,17). The molecule has 0 unspecified atom stereocenters. The molecular formula is C11H10BrFN2O2. The van der Waals surface area contributed by atoms with E-state index in [4.69, 9.17) is 0 Å². The van der Waals surface area contributed by atoms with Crippen molar-refractivity contribution in [2.24, 2.45) is 0 Å². The van der Waals surface area contributed by atoms with Crippen LogP contribution in [0.5, 0.6) is 0 Å². The fraction of sp³-hybridized carbons (Fsp3) is 0.273. The Kier molecular flexibility index (Phi) is 3.15. The summed E-state index contributed by atoms with van der Waals surface area (Å²) in [6.07, 6.45) is 0. The summed E-state index contributed by atoms with van der Waals surface area (Å²) in [7, 11) is 0. The molecule has 6 heteroatoms. The van der Waals surface area contributed by atoms with Gasteiger partial charge in [0.15, 0.2) is 0 Å². The van der Waals surface area contributed by atoms with Gasteiger partial charge in [-0.15, -0.1) is 0 Å². The maximum absolute atomic E-state index is 13.4. The highest BCUT2D eigenvalue weighted by Gasteiger charge is 2.24. The van der Waals surface area contributed by atoms with Crippen LogP contribution in [0.15, 0.2) is 16.6 Å². The van der Waals surface area contributed by atoms with Gasteiger partial charge in [-0.2, -0.15) is 0 Å². The molecule has 17 heavy (non-hydrogen) atoms. The van der Waals surface area contributed by atoms with Gasteiger partial charge in [-0.1, -0.05) is 0 Å². The molecule has 2 amide bonds. The number of aryl methyl sites for hydroxylation is 1. The van der Waals surface area contributed by atoms with E-state index in [1.54, 1.807) is 17.9 Å². The van der Waals surface area contributed by atoms with Gasteiger partial charge in [-0.05, 0) is 40.5 Å². The number of hydrogen-bond acceptors (Lipinski definition) is 3. The zero-order chi connectivity index (χ0) is 12.6. The van der Waals surface area contributed by atoms with Crippen LogP contribution in [0.2, 0.25) is 0 Å². The second-order valence-corrected chi connectivity index (χ2v) is 4.73. The van der Waals surface area contributed by atoms with Crippen molar-refractivity contribution >= 4 is 33.4 Å². The maximum atomic E-state index is 13.4. The number of piperazine rings is 1. The van der Waals surface area contributed by atoms with E-state index in [1.807, 2.05) is 0 Å². The van der Waals surface area contributed by atoms with E-state index in [2.05, 4.69) is 21.2 Å². The van der Waals surface area contributed by atoms with Gasteiger partial charge < -0.3 is 4.90 Å². The van der Waals surface area contributed by atoms with Gasteiger partial charge >= 0.3 is 0 Å². The minimum atomic E-state index is -0.413. The Hall–Kier alpha value is -1.43. The van der Waals surface area contributed by atoms with Crippen molar-refractivity contribution in [1.82, 2.24) is 5.32 Å². The van der Waals surface area contributed by atoms with Crippen molar-refractivity contribution < 1.29 is 14.0 Å². The highest BCUT2D eigenvalue weighted by molar-refractivity contribution is 9.10. The third-order valence-electron chi connectivity index (χ3n) is 2.53. The lowest BCUT2D eigenvalue weighted by atomic mass is 10.1. The van der Waals surface area contributed by atoms with E-state index in [0.29, 0.717) is 10.2 Å². The molecule has 0 saturated carbocycles. The van der Waals surface area contributed by atoms with Crippen LogP contribution < -0.4 is 10.2 Å². The topological polar surface area (TPSA) is 49.4 Å². The molecule has 0 aliphatic carbocycles. The molecule has 90 valence electrons.